The van der Waals surface area contributed by atoms with Gasteiger partial charge in [-0.15, -0.1) is 0 Å². The van der Waals surface area contributed by atoms with Crippen molar-refractivity contribution >= 4 is 22.8 Å². The van der Waals surface area contributed by atoms with Crippen LogP contribution in [0.1, 0.15) is 0 Å². The van der Waals surface area contributed by atoms with Crippen LogP contribution in [0.25, 0.3) is 11.2 Å². The van der Waals surface area contributed by atoms with Crippen molar-refractivity contribution < 1.29 is 14.3 Å². The SMILES string of the molecule is COCCn1c(=O)n(CC(=O)Nc2cccc(OC)c2)c2cccnc21. The fraction of sp³-hybridized carbons (Fsp3) is 0.278. The van der Waals surface area contributed by atoms with E-state index in [1.165, 1.54) is 9.13 Å². The van der Waals surface area contributed by atoms with E-state index in [4.69, 9.17) is 9.47 Å². The van der Waals surface area contributed by atoms with E-state index in [1.807, 2.05) is 0 Å². The fourth-order valence-electron chi connectivity index (χ4n) is 2.73. The second-order valence-electron chi connectivity index (χ2n) is 5.64. The Bertz CT molecular complexity index is 977. The average Bonchev–Trinajstić information content (AvgIpc) is 2.92. The first kappa shape index (κ1) is 17.7. The third-order valence-electron chi connectivity index (χ3n) is 3.95. The van der Waals surface area contributed by atoms with Gasteiger partial charge in [0.15, 0.2) is 5.65 Å². The minimum absolute atomic E-state index is 0.113. The summed E-state index contributed by atoms with van der Waals surface area (Å²) in [5.41, 5.74) is 1.44. The Balaban J connectivity index is 1.87. The number of nitrogens with zero attached hydrogens (tertiary/aromatic N) is 3. The Labute approximate surface area is 150 Å². The maximum atomic E-state index is 12.7. The van der Waals surface area contributed by atoms with Gasteiger partial charge in [-0.1, -0.05) is 6.07 Å². The van der Waals surface area contributed by atoms with Gasteiger partial charge in [-0.25, -0.2) is 9.78 Å². The molecule has 1 aromatic carbocycles. The lowest BCUT2D eigenvalue weighted by Gasteiger charge is -2.07. The maximum absolute atomic E-state index is 12.7. The Morgan fingerprint density at radius 3 is 2.81 bits per heavy atom. The van der Waals surface area contributed by atoms with Crippen molar-refractivity contribution in [3.63, 3.8) is 0 Å². The number of carbonyl (C=O) groups is 1. The van der Waals surface area contributed by atoms with Crippen LogP contribution in [0.5, 0.6) is 5.75 Å². The highest BCUT2D eigenvalue weighted by Gasteiger charge is 2.16. The zero-order valence-corrected chi connectivity index (χ0v) is 14.6. The topological polar surface area (TPSA) is 87.4 Å². The molecule has 136 valence electrons. The normalized spacial score (nSPS) is 10.8. The molecule has 3 aromatic rings. The molecule has 8 heteroatoms. The van der Waals surface area contributed by atoms with Crippen molar-refractivity contribution in [1.82, 2.24) is 14.1 Å². The third kappa shape index (κ3) is 3.60. The molecule has 0 saturated carbocycles. The van der Waals surface area contributed by atoms with Gasteiger partial charge in [0.2, 0.25) is 5.91 Å². The van der Waals surface area contributed by atoms with Gasteiger partial charge in [0.25, 0.3) is 0 Å². The van der Waals surface area contributed by atoms with E-state index < -0.39 is 0 Å². The Morgan fingerprint density at radius 2 is 2.04 bits per heavy atom. The molecule has 0 aliphatic heterocycles. The van der Waals surface area contributed by atoms with Gasteiger partial charge in [-0.2, -0.15) is 0 Å². The number of ether oxygens (including phenoxy) is 2. The second kappa shape index (κ2) is 7.83. The Morgan fingerprint density at radius 1 is 1.19 bits per heavy atom. The second-order valence-corrected chi connectivity index (χ2v) is 5.64. The van der Waals surface area contributed by atoms with Crippen LogP contribution in [0.2, 0.25) is 0 Å². The molecule has 2 aromatic heterocycles. The molecule has 1 amide bonds. The molecule has 3 rings (SSSR count). The third-order valence-corrected chi connectivity index (χ3v) is 3.95. The largest absolute Gasteiger partial charge is 0.497 e. The summed E-state index contributed by atoms with van der Waals surface area (Å²) in [6, 6.07) is 10.5. The van der Waals surface area contributed by atoms with Crippen LogP contribution in [-0.2, 0) is 22.6 Å². The van der Waals surface area contributed by atoms with E-state index in [0.29, 0.717) is 35.8 Å². The molecule has 0 fully saturated rings. The van der Waals surface area contributed by atoms with Crippen LogP contribution >= 0.6 is 0 Å². The number of amides is 1. The number of methoxy groups -OCH3 is 2. The number of imidazole rings is 1. The summed E-state index contributed by atoms with van der Waals surface area (Å²) in [7, 11) is 3.13. The molecule has 0 atom stereocenters. The van der Waals surface area contributed by atoms with Gasteiger partial charge in [0, 0.05) is 25.1 Å². The highest BCUT2D eigenvalue weighted by atomic mass is 16.5. The molecule has 1 N–H and O–H groups in total. The first-order valence-corrected chi connectivity index (χ1v) is 8.11. The van der Waals surface area contributed by atoms with E-state index in [2.05, 4.69) is 10.3 Å². The van der Waals surface area contributed by atoms with Gasteiger partial charge in [-0.05, 0) is 24.3 Å². The highest BCUT2D eigenvalue weighted by molar-refractivity contribution is 5.91. The van der Waals surface area contributed by atoms with Gasteiger partial charge in [0.1, 0.15) is 12.3 Å². The summed E-state index contributed by atoms with van der Waals surface area (Å²) < 4.78 is 13.1. The molecule has 0 bridgehead atoms. The van der Waals surface area contributed by atoms with Crippen molar-refractivity contribution in [3.05, 3.63) is 53.1 Å². The Kier molecular flexibility index (Phi) is 5.33. The van der Waals surface area contributed by atoms with E-state index >= 15 is 0 Å². The molecule has 0 aliphatic rings. The molecular weight excluding hydrogens is 336 g/mol. The summed E-state index contributed by atoms with van der Waals surface area (Å²) in [5, 5.41) is 2.78. The number of anilines is 1. The number of hydrogen-bond acceptors (Lipinski definition) is 5. The zero-order valence-electron chi connectivity index (χ0n) is 14.6. The molecule has 2 heterocycles. The highest BCUT2D eigenvalue weighted by Crippen LogP contribution is 2.17. The minimum atomic E-state index is -0.310. The number of benzene rings is 1. The predicted octanol–water partition coefficient (Wildman–Crippen LogP) is 1.49. The number of rotatable bonds is 7. The number of aromatic nitrogens is 3. The van der Waals surface area contributed by atoms with Crippen LogP contribution in [-0.4, -0.2) is 40.9 Å². The summed E-state index contributed by atoms with van der Waals surface area (Å²) in [4.78, 5) is 29.4. The summed E-state index contributed by atoms with van der Waals surface area (Å²) in [6.07, 6.45) is 1.62. The summed E-state index contributed by atoms with van der Waals surface area (Å²) in [5.74, 6) is 0.329. The number of carbonyl (C=O) groups excluding carboxylic acids is 1. The average molecular weight is 356 g/mol. The van der Waals surface area contributed by atoms with Crippen molar-refractivity contribution in [2.24, 2.45) is 0 Å². The summed E-state index contributed by atoms with van der Waals surface area (Å²) in [6.45, 7) is 0.636. The van der Waals surface area contributed by atoms with Crippen LogP contribution in [0.15, 0.2) is 47.4 Å². The lowest BCUT2D eigenvalue weighted by atomic mass is 10.3. The maximum Gasteiger partial charge on any atom is 0.330 e. The van der Waals surface area contributed by atoms with Gasteiger partial charge < -0.3 is 14.8 Å². The van der Waals surface area contributed by atoms with E-state index in [0.717, 1.165) is 0 Å². The summed E-state index contributed by atoms with van der Waals surface area (Å²) >= 11 is 0. The fourth-order valence-corrected chi connectivity index (χ4v) is 2.73. The minimum Gasteiger partial charge on any atom is -0.497 e. The molecule has 8 nitrogen and oxygen atoms in total. The Hall–Kier alpha value is -3.13. The van der Waals surface area contributed by atoms with E-state index in [-0.39, 0.29) is 18.1 Å². The van der Waals surface area contributed by atoms with Crippen molar-refractivity contribution in [2.45, 2.75) is 13.1 Å². The first-order valence-electron chi connectivity index (χ1n) is 8.11. The van der Waals surface area contributed by atoms with E-state index in [1.54, 1.807) is 56.8 Å². The van der Waals surface area contributed by atoms with Crippen molar-refractivity contribution in [2.75, 3.05) is 26.1 Å². The van der Waals surface area contributed by atoms with Crippen LogP contribution < -0.4 is 15.7 Å². The van der Waals surface area contributed by atoms with Crippen molar-refractivity contribution in [1.29, 1.82) is 0 Å². The monoisotopic (exact) mass is 356 g/mol. The lowest BCUT2D eigenvalue weighted by molar-refractivity contribution is -0.116. The number of nitrogens with one attached hydrogen (secondary N) is 1. The molecule has 0 spiro atoms. The standard InChI is InChI=1S/C18H20N4O4/c1-25-10-9-21-17-15(7-4-8-19-17)22(18(21)24)12-16(23)20-13-5-3-6-14(11-13)26-2/h3-8,11H,9-10,12H2,1-2H3,(H,20,23). The van der Waals surface area contributed by atoms with Crippen LogP contribution in [0.4, 0.5) is 5.69 Å². The molecule has 0 saturated heterocycles. The predicted molar refractivity (Wildman–Crippen MR) is 97.5 cm³/mol. The molecular formula is C18H20N4O4. The number of hydrogen-bond donors (Lipinski definition) is 1. The van der Waals surface area contributed by atoms with Crippen LogP contribution in [0, 0.1) is 0 Å². The van der Waals surface area contributed by atoms with Crippen molar-refractivity contribution in [3.8, 4) is 5.75 Å². The van der Waals surface area contributed by atoms with E-state index in [9.17, 15) is 9.59 Å². The number of fused-ring (bicyclic) bond motifs is 1. The van der Waals surface area contributed by atoms with Gasteiger partial charge in [-0.3, -0.25) is 13.9 Å². The molecule has 0 unspecified atom stereocenters. The smallest absolute Gasteiger partial charge is 0.330 e. The van der Waals surface area contributed by atoms with Crippen LogP contribution in [0.3, 0.4) is 0 Å². The first-order chi connectivity index (χ1) is 12.6. The molecule has 0 radical (unpaired) electrons. The lowest BCUT2D eigenvalue weighted by Crippen LogP contribution is -2.30. The number of pyridine rings is 1. The zero-order chi connectivity index (χ0) is 18.5. The molecule has 0 aliphatic carbocycles. The van der Waals surface area contributed by atoms with Gasteiger partial charge in [0.05, 0.1) is 25.8 Å². The molecule has 26 heavy (non-hydrogen) atoms. The van der Waals surface area contributed by atoms with Gasteiger partial charge >= 0.3 is 5.69 Å². The quantitative estimate of drug-likeness (QED) is 0.693.